The van der Waals surface area contributed by atoms with Gasteiger partial charge in [0.2, 0.25) is 0 Å². The lowest BCUT2D eigenvalue weighted by Gasteiger charge is -2.33. The van der Waals surface area contributed by atoms with Gasteiger partial charge in [0, 0.05) is 27.7 Å². The molecule has 0 aromatic heterocycles. The lowest BCUT2D eigenvalue weighted by Crippen LogP contribution is -2.42. The third kappa shape index (κ3) is 3.35. The lowest BCUT2D eigenvalue weighted by molar-refractivity contribution is 0.0634. The summed E-state index contributed by atoms with van der Waals surface area (Å²) in [5, 5.41) is 0. The molecule has 1 aromatic rings. The first kappa shape index (κ1) is 15.8. The molecule has 7 heteroatoms. The monoisotopic (exact) mass is 379 g/mol. The van der Waals surface area contributed by atoms with E-state index in [2.05, 4.69) is 15.9 Å². The molecule has 0 aliphatic carbocycles. The fraction of sp³-hybridized carbons (Fsp3) is 0.462. The smallest absolute Gasteiger partial charge is 0.261 e. The molecule has 1 amide bonds. The number of piperidine rings is 1. The summed E-state index contributed by atoms with van der Waals surface area (Å²) in [6.07, 6.45) is 3.06. The highest BCUT2D eigenvalue weighted by Crippen LogP contribution is 2.27. The van der Waals surface area contributed by atoms with Gasteiger partial charge in [-0.3, -0.25) is 4.79 Å². The molecule has 20 heavy (non-hydrogen) atoms. The quantitative estimate of drug-likeness (QED) is 0.739. The predicted octanol–water partition coefficient (Wildman–Crippen LogP) is 3.39. The number of hydrogen-bond donors (Lipinski definition) is 0. The molecule has 1 saturated heterocycles. The molecule has 1 fully saturated rings. The van der Waals surface area contributed by atoms with Gasteiger partial charge in [-0.05, 0) is 60.3 Å². The van der Waals surface area contributed by atoms with Gasteiger partial charge in [-0.2, -0.15) is 0 Å². The Kier molecular flexibility index (Phi) is 4.76. The van der Waals surface area contributed by atoms with Gasteiger partial charge in [-0.1, -0.05) is 0 Å². The fourth-order valence-electron chi connectivity index (χ4n) is 2.37. The van der Waals surface area contributed by atoms with E-state index in [9.17, 15) is 13.2 Å². The summed E-state index contributed by atoms with van der Waals surface area (Å²) in [7, 11) is 1.49. The molecule has 110 valence electrons. The highest BCUT2D eigenvalue weighted by atomic mass is 79.9. The van der Waals surface area contributed by atoms with Gasteiger partial charge < -0.3 is 4.90 Å². The first-order valence-corrected chi connectivity index (χ1v) is 9.46. The largest absolute Gasteiger partial charge is 0.336 e. The number of rotatable bonds is 2. The SMILES string of the molecule is CC1CCCCN1C(=O)c1cc(S(=O)(=O)Cl)ccc1Br. The minimum Gasteiger partial charge on any atom is -0.336 e. The van der Waals surface area contributed by atoms with Crippen molar-refractivity contribution in [3.8, 4) is 0 Å². The van der Waals surface area contributed by atoms with Crippen molar-refractivity contribution in [2.24, 2.45) is 0 Å². The van der Waals surface area contributed by atoms with E-state index in [1.54, 1.807) is 4.90 Å². The second kappa shape index (κ2) is 6.03. The van der Waals surface area contributed by atoms with Gasteiger partial charge in [0.05, 0.1) is 10.5 Å². The Morgan fingerprint density at radius 2 is 2.10 bits per heavy atom. The normalized spacial score (nSPS) is 19.9. The molecule has 1 aliphatic rings. The number of amides is 1. The van der Waals surface area contributed by atoms with Gasteiger partial charge in [-0.25, -0.2) is 8.42 Å². The predicted molar refractivity (Wildman–Crippen MR) is 81.5 cm³/mol. The van der Waals surface area contributed by atoms with Crippen molar-refractivity contribution < 1.29 is 13.2 Å². The zero-order valence-electron chi connectivity index (χ0n) is 11.0. The Labute approximate surface area is 131 Å². The Balaban J connectivity index is 2.38. The average Bonchev–Trinajstić information content (AvgIpc) is 2.37. The number of benzene rings is 1. The van der Waals surface area contributed by atoms with Crippen molar-refractivity contribution >= 4 is 41.6 Å². The van der Waals surface area contributed by atoms with Crippen LogP contribution in [0.5, 0.6) is 0 Å². The topological polar surface area (TPSA) is 54.5 Å². The number of likely N-dealkylation sites (tertiary alicyclic amines) is 1. The minimum atomic E-state index is -3.84. The van der Waals surface area contributed by atoms with Crippen LogP contribution in [-0.2, 0) is 9.05 Å². The molecule has 1 aliphatic heterocycles. The Hall–Kier alpha value is -0.590. The van der Waals surface area contributed by atoms with Crippen LogP contribution < -0.4 is 0 Å². The van der Waals surface area contributed by atoms with Gasteiger partial charge in [0.25, 0.3) is 15.0 Å². The highest BCUT2D eigenvalue weighted by Gasteiger charge is 2.26. The number of hydrogen-bond acceptors (Lipinski definition) is 3. The van der Waals surface area contributed by atoms with E-state index in [0.29, 0.717) is 16.6 Å². The minimum absolute atomic E-state index is 0.0598. The number of carbonyl (C=O) groups excluding carboxylic acids is 1. The lowest BCUT2D eigenvalue weighted by atomic mass is 10.0. The second-order valence-corrected chi connectivity index (χ2v) is 8.34. The molecule has 0 spiro atoms. The first-order chi connectivity index (χ1) is 9.30. The Morgan fingerprint density at radius 3 is 2.70 bits per heavy atom. The molecular formula is C13H15BrClNO3S. The summed E-state index contributed by atoms with van der Waals surface area (Å²) < 4.78 is 23.3. The maximum Gasteiger partial charge on any atom is 0.261 e. The fourth-order valence-corrected chi connectivity index (χ4v) is 3.57. The summed E-state index contributed by atoms with van der Waals surface area (Å²) in [5.41, 5.74) is 0.334. The zero-order chi connectivity index (χ0) is 14.9. The van der Waals surface area contributed by atoms with Crippen LogP contribution >= 0.6 is 26.6 Å². The van der Waals surface area contributed by atoms with Crippen molar-refractivity contribution in [3.63, 3.8) is 0 Å². The summed E-state index contributed by atoms with van der Waals surface area (Å²) in [6.45, 7) is 2.71. The van der Waals surface area contributed by atoms with Crippen LogP contribution in [0.1, 0.15) is 36.5 Å². The van der Waals surface area contributed by atoms with E-state index in [0.717, 1.165) is 19.3 Å². The Bertz CT molecular complexity index is 633. The molecule has 1 heterocycles. The van der Waals surface area contributed by atoms with E-state index >= 15 is 0 Å². The molecule has 0 N–H and O–H groups in total. The third-order valence-electron chi connectivity index (χ3n) is 3.51. The summed E-state index contributed by atoms with van der Waals surface area (Å²) in [4.78, 5) is 14.3. The van der Waals surface area contributed by atoms with E-state index < -0.39 is 9.05 Å². The van der Waals surface area contributed by atoms with Crippen LogP contribution in [0, 0.1) is 0 Å². The molecule has 4 nitrogen and oxygen atoms in total. The van der Waals surface area contributed by atoms with Crippen LogP contribution in [0.3, 0.4) is 0 Å². The van der Waals surface area contributed by atoms with E-state index in [-0.39, 0.29) is 16.8 Å². The number of nitrogens with zero attached hydrogens (tertiary/aromatic N) is 1. The molecule has 0 bridgehead atoms. The second-order valence-electron chi connectivity index (χ2n) is 4.92. The van der Waals surface area contributed by atoms with Gasteiger partial charge in [-0.15, -0.1) is 0 Å². The average molecular weight is 381 g/mol. The summed E-state index contributed by atoms with van der Waals surface area (Å²) in [5.74, 6) is -0.161. The van der Waals surface area contributed by atoms with Crippen molar-refractivity contribution in [1.29, 1.82) is 0 Å². The van der Waals surface area contributed by atoms with Crippen LogP contribution in [0.25, 0.3) is 0 Å². The van der Waals surface area contributed by atoms with Gasteiger partial charge in [0.15, 0.2) is 0 Å². The van der Waals surface area contributed by atoms with E-state index in [4.69, 9.17) is 10.7 Å². The van der Waals surface area contributed by atoms with Crippen molar-refractivity contribution in [3.05, 3.63) is 28.2 Å². The molecule has 1 aromatic carbocycles. The Morgan fingerprint density at radius 1 is 1.40 bits per heavy atom. The zero-order valence-corrected chi connectivity index (χ0v) is 14.1. The van der Waals surface area contributed by atoms with Crippen molar-refractivity contribution in [1.82, 2.24) is 4.90 Å². The molecule has 0 saturated carbocycles. The van der Waals surface area contributed by atoms with Crippen LogP contribution in [0.15, 0.2) is 27.6 Å². The third-order valence-corrected chi connectivity index (χ3v) is 5.56. The molecule has 1 unspecified atom stereocenters. The number of halogens is 2. The highest BCUT2D eigenvalue weighted by molar-refractivity contribution is 9.10. The van der Waals surface area contributed by atoms with Crippen molar-refractivity contribution in [2.45, 2.75) is 37.1 Å². The van der Waals surface area contributed by atoms with E-state index in [1.807, 2.05) is 6.92 Å². The van der Waals surface area contributed by atoms with Crippen LogP contribution in [0.4, 0.5) is 0 Å². The van der Waals surface area contributed by atoms with Gasteiger partial charge >= 0.3 is 0 Å². The maximum absolute atomic E-state index is 12.6. The number of carbonyl (C=O) groups is 1. The maximum atomic E-state index is 12.6. The summed E-state index contributed by atoms with van der Waals surface area (Å²) >= 11 is 3.30. The molecule has 1 atom stereocenters. The first-order valence-electron chi connectivity index (χ1n) is 6.36. The molecular weight excluding hydrogens is 366 g/mol. The molecule has 0 radical (unpaired) electrons. The van der Waals surface area contributed by atoms with Crippen molar-refractivity contribution in [2.75, 3.05) is 6.54 Å². The molecule has 2 rings (SSSR count). The van der Waals surface area contributed by atoms with E-state index in [1.165, 1.54) is 18.2 Å². The van der Waals surface area contributed by atoms with Crippen LogP contribution in [-0.4, -0.2) is 31.8 Å². The van der Waals surface area contributed by atoms with Crippen LogP contribution in [0.2, 0.25) is 0 Å². The summed E-state index contributed by atoms with van der Waals surface area (Å²) in [6, 6.07) is 4.41. The standard InChI is InChI=1S/C13H15BrClNO3S/c1-9-4-2-3-7-16(9)13(17)11-8-10(20(15,18)19)5-6-12(11)14/h5-6,8-9H,2-4,7H2,1H3. The van der Waals surface area contributed by atoms with Gasteiger partial charge in [0.1, 0.15) is 0 Å².